The molecule has 0 aliphatic heterocycles. The molecule has 0 radical (unpaired) electrons. The molecule has 1 unspecified atom stereocenters. The van der Waals surface area contributed by atoms with E-state index in [4.69, 9.17) is 5.73 Å². The molecule has 10 heavy (non-hydrogen) atoms. The van der Waals surface area contributed by atoms with Crippen molar-refractivity contribution in [1.82, 2.24) is 0 Å². The summed E-state index contributed by atoms with van der Waals surface area (Å²) >= 11 is 0. The van der Waals surface area contributed by atoms with E-state index in [0.29, 0.717) is 6.42 Å². The van der Waals surface area contributed by atoms with E-state index in [0.717, 1.165) is 6.42 Å². The lowest BCUT2D eigenvalue weighted by Crippen LogP contribution is -2.30. The molecule has 1 atom stereocenters. The van der Waals surface area contributed by atoms with Gasteiger partial charge in [-0.3, -0.25) is 0 Å². The maximum atomic E-state index is 10.6. The van der Waals surface area contributed by atoms with Crippen LogP contribution in [0.5, 0.6) is 0 Å². The monoisotopic (exact) mass is 163 g/mol. The molecule has 4 nitrogen and oxygen atoms in total. The second-order valence-corrected chi connectivity index (χ2v) is 2.21. The first-order valence-electron chi connectivity index (χ1n) is 3.01. The summed E-state index contributed by atoms with van der Waals surface area (Å²) < 4.78 is 13.8. The van der Waals surface area contributed by atoms with Crippen molar-refractivity contribution in [2.24, 2.45) is 5.73 Å². The summed E-state index contributed by atoms with van der Waals surface area (Å²) in [5.74, 6) is -0.612. The van der Waals surface area contributed by atoms with Gasteiger partial charge in [0.15, 0.2) is 0 Å². The normalized spacial score (nSPS) is 13.0. The van der Waals surface area contributed by atoms with Gasteiger partial charge in [-0.05, 0) is 6.42 Å². The lowest BCUT2D eigenvalue weighted by atomic mass is 10.2. The molecule has 0 bridgehead atoms. The van der Waals surface area contributed by atoms with Crippen molar-refractivity contribution in [3.63, 3.8) is 0 Å². The summed E-state index contributed by atoms with van der Waals surface area (Å²) in [6.07, 6.45) is 1.38. The molecule has 2 N–H and O–H groups in total. The molecule has 0 saturated carbocycles. The summed E-state index contributed by atoms with van der Waals surface area (Å²) in [6, 6.07) is -0.633. The van der Waals surface area contributed by atoms with E-state index in [2.05, 4.69) is 4.52 Å². The molecule has 0 fully saturated rings. The quantitative estimate of drug-likeness (QED) is 0.624. The Morgan fingerprint density at radius 2 is 2.40 bits per heavy atom. The Balaban J connectivity index is 3.58. The van der Waals surface area contributed by atoms with Crippen molar-refractivity contribution >= 4 is 14.7 Å². The van der Waals surface area contributed by atoms with E-state index in [-0.39, 0.29) is 0 Å². The Morgan fingerprint density at radius 1 is 1.80 bits per heavy atom. The molecule has 0 aliphatic carbocycles. The first kappa shape index (κ1) is 9.53. The maximum absolute atomic E-state index is 10.6. The molecule has 58 valence electrons. The summed E-state index contributed by atoms with van der Waals surface area (Å²) in [7, 11) is -0.630. The van der Waals surface area contributed by atoms with E-state index in [1.54, 1.807) is 0 Å². The van der Waals surface area contributed by atoms with Gasteiger partial charge in [-0.25, -0.2) is 9.36 Å². The largest absolute Gasteiger partial charge is 0.398 e. The highest BCUT2D eigenvalue weighted by molar-refractivity contribution is 7.18. The number of carbonyl (C=O) groups excluding carboxylic acids is 1. The van der Waals surface area contributed by atoms with Gasteiger partial charge in [0.2, 0.25) is 0 Å². The highest BCUT2D eigenvalue weighted by atomic mass is 31.1. The number of carbonyl (C=O) groups is 1. The van der Waals surface area contributed by atoms with Crippen LogP contribution in [0, 0.1) is 0 Å². The second kappa shape index (κ2) is 5.33. The van der Waals surface area contributed by atoms with Crippen molar-refractivity contribution < 1.29 is 13.9 Å². The van der Waals surface area contributed by atoms with Crippen LogP contribution in [0.25, 0.3) is 0 Å². The lowest BCUT2D eigenvalue weighted by Gasteiger charge is -2.03. The second-order valence-electron chi connectivity index (χ2n) is 1.88. The minimum Gasteiger partial charge on any atom is -0.372 e. The van der Waals surface area contributed by atoms with Gasteiger partial charge in [-0.1, -0.05) is 13.3 Å². The van der Waals surface area contributed by atoms with Crippen LogP contribution in [0.2, 0.25) is 0 Å². The zero-order chi connectivity index (χ0) is 7.98. The highest BCUT2D eigenvalue weighted by Gasteiger charge is 2.13. The molecule has 0 spiro atoms. The van der Waals surface area contributed by atoms with Crippen LogP contribution in [-0.4, -0.2) is 12.0 Å². The molecular formula is C5H10NO3P. The Morgan fingerprint density at radius 3 is 2.80 bits per heavy atom. The first-order valence-corrected chi connectivity index (χ1v) is 3.74. The molecule has 0 aliphatic rings. The third-order valence-electron chi connectivity index (χ3n) is 1.03. The minimum atomic E-state index is -0.633. The van der Waals surface area contributed by atoms with E-state index >= 15 is 0 Å². The van der Waals surface area contributed by atoms with Crippen molar-refractivity contribution in [1.29, 1.82) is 0 Å². The van der Waals surface area contributed by atoms with E-state index in [9.17, 15) is 9.36 Å². The van der Waals surface area contributed by atoms with E-state index in [1.807, 2.05) is 6.92 Å². The fourth-order valence-corrected chi connectivity index (χ4v) is 0.742. The van der Waals surface area contributed by atoms with Crippen LogP contribution in [0.15, 0.2) is 0 Å². The highest BCUT2D eigenvalue weighted by Crippen LogP contribution is 2.01. The molecular weight excluding hydrogens is 153 g/mol. The number of nitrogens with two attached hydrogens (primary N) is 1. The SMILES string of the molecule is CCCC(N)C(=O)OP=O. The van der Waals surface area contributed by atoms with Gasteiger partial charge >= 0.3 is 14.7 Å². The van der Waals surface area contributed by atoms with Crippen molar-refractivity contribution in [2.75, 3.05) is 0 Å². The zero-order valence-electron chi connectivity index (χ0n) is 5.74. The van der Waals surface area contributed by atoms with Crippen molar-refractivity contribution in [3.8, 4) is 0 Å². The molecule has 5 heteroatoms. The molecule has 0 aromatic carbocycles. The average Bonchev–Trinajstić information content (AvgIpc) is 1.89. The summed E-state index contributed by atoms with van der Waals surface area (Å²) in [5.41, 5.74) is 5.30. The Kier molecular flexibility index (Phi) is 5.08. The maximum Gasteiger partial charge on any atom is 0.398 e. The van der Waals surface area contributed by atoms with E-state index in [1.165, 1.54) is 0 Å². The Labute approximate surface area is 61.0 Å². The average molecular weight is 163 g/mol. The summed E-state index contributed by atoms with van der Waals surface area (Å²) in [4.78, 5) is 10.6. The van der Waals surface area contributed by atoms with Crippen LogP contribution in [0.3, 0.4) is 0 Å². The van der Waals surface area contributed by atoms with Crippen molar-refractivity contribution in [2.45, 2.75) is 25.8 Å². The topological polar surface area (TPSA) is 69.4 Å². The molecule has 0 rings (SSSR count). The zero-order valence-corrected chi connectivity index (χ0v) is 6.64. The number of rotatable bonds is 4. The van der Waals surface area contributed by atoms with Crippen molar-refractivity contribution in [3.05, 3.63) is 0 Å². The number of hydrogen-bond donors (Lipinski definition) is 1. The smallest absolute Gasteiger partial charge is 0.372 e. The third-order valence-corrected chi connectivity index (χ3v) is 1.28. The fourth-order valence-electron chi connectivity index (χ4n) is 0.533. The molecule has 0 amide bonds. The fraction of sp³-hybridized carbons (Fsp3) is 0.800. The van der Waals surface area contributed by atoms with Gasteiger partial charge in [-0.2, -0.15) is 0 Å². The first-order chi connectivity index (χ1) is 4.72. The van der Waals surface area contributed by atoms with Crippen LogP contribution in [0.1, 0.15) is 19.8 Å². The third kappa shape index (κ3) is 3.54. The summed E-state index contributed by atoms with van der Waals surface area (Å²) in [6.45, 7) is 1.90. The molecule has 0 saturated heterocycles. The Hall–Kier alpha value is -0.470. The van der Waals surface area contributed by atoms with Crippen LogP contribution < -0.4 is 5.73 Å². The van der Waals surface area contributed by atoms with Gasteiger partial charge in [-0.15, -0.1) is 0 Å². The van der Waals surface area contributed by atoms with Crippen LogP contribution >= 0.6 is 8.69 Å². The minimum absolute atomic E-state index is 0.564. The predicted molar refractivity (Wildman–Crippen MR) is 36.6 cm³/mol. The van der Waals surface area contributed by atoms with Crippen LogP contribution in [-0.2, 0) is 13.9 Å². The van der Waals surface area contributed by atoms with E-state index < -0.39 is 20.7 Å². The molecule has 0 aromatic rings. The van der Waals surface area contributed by atoms with Gasteiger partial charge < -0.3 is 10.3 Å². The van der Waals surface area contributed by atoms with Crippen LogP contribution in [0.4, 0.5) is 0 Å². The van der Waals surface area contributed by atoms with Gasteiger partial charge in [0.05, 0.1) is 0 Å². The standard InChI is InChI=1S/C5H10NO3P/c1-2-3-4(6)5(7)9-10-8/h4H,2-3,6H2,1H3. The predicted octanol–water partition coefficient (Wildman–Crippen LogP) is 0.864. The van der Waals surface area contributed by atoms with Gasteiger partial charge in [0, 0.05) is 0 Å². The summed E-state index contributed by atoms with van der Waals surface area (Å²) in [5, 5.41) is 0. The van der Waals surface area contributed by atoms with Gasteiger partial charge in [0.1, 0.15) is 6.04 Å². The molecule has 0 aromatic heterocycles. The number of hydrogen-bond acceptors (Lipinski definition) is 4. The van der Waals surface area contributed by atoms with Gasteiger partial charge in [0.25, 0.3) is 0 Å². The Bertz CT molecular complexity index is 128. The molecule has 0 heterocycles. The lowest BCUT2D eigenvalue weighted by molar-refractivity contribution is -0.135.